The van der Waals surface area contributed by atoms with Crippen molar-refractivity contribution in [3.8, 4) is 0 Å². The highest BCUT2D eigenvalue weighted by atomic mass is 32.2. The summed E-state index contributed by atoms with van der Waals surface area (Å²) in [6.07, 6.45) is 1.08. The van der Waals surface area contributed by atoms with Crippen LogP contribution in [0.15, 0.2) is 22.8 Å². The third kappa shape index (κ3) is 8.93. The first-order chi connectivity index (χ1) is 18.3. The molecule has 39 heavy (non-hydrogen) atoms. The van der Waals surface area contributed by atoms with Gasteiger partial charge in [0, 0.05) is 31.3 Å². The summed E-state index contributed by atoms with van der Waals surface area (Å²) < 4.78 is 43.1. The lowest BCUT2D eigenvalue weighted by atomic mass is 9.97. The van der Waals surface area contributed by atoms with Gasteiger partial charge in [-0.05, 0) is 37.3 Å². The van der Waals surface area contributed by atoms with Gasteiger partial charge in [0.05, 0.1) is 25.5 Å². The number of aliphatic hydroxyl groups is 1. The summed E-state index contributed by atoms with van der Waals surface area (Å²) in [5, 5.41) is 17.6. The fraction of sp³-hybridized carbons (Fsp3) is 0.667. The minimum absolute atomic E-state index is 0.0663. The maximum atomic E-state index is 13.1. The standard InChI is InChI=1S/C24H36N4O10S/c1-14(2)8-18(22(31)26-19(23(32)39(34,35)36)10-16-5-6-25-21(16)30)27-24(33)38-13-15-9-20(29)28(11-15)12-17-4-3-7-37-17/h3-4,7,14-16,18-19,23,32H,5-6,8-13H2,1-2H3,(H,25,30)(H,26,31)(H,27,33)(H,34,35,36)/t15?,16-,18-,19-,23?/m0/s1. The molecule has 2 aliphatic rings. The van der Waals surface area contributed by atoms with E-state index in [1.807, 2.05) is 0 Å². The predicted octanol–water partition coefficient (Wildman–Crippen LogP) is -0.0138. The Morgan fingerprint density at radius 2 is 2.03 bits per heavy atom. The van der Waals surface area contributed by atoms with Gasteiger partial charge >= 0.3 is 6.09 Å². The van der Waals surface area contributed by atoms with Gasteiger partial charge in [-0.3, -0.25) is 18.9 Å². The quantitative estimate of drug-likeness (QED) is 0.200. The van der Waals surface area contributed by atoms with Crippen molar-refractivity contribution < 1.29 is 46.4 Å². The first-order valence-corrected chi connectivity index (χ1v) is 14.3. The van der Waals surface area contributed by atoms with E-state index in [1.54, 1.807) is 30.9 Å². The molecule has 0 spiro atoms. The van der Waals surface area contributed by atoms with Gasteiger partial charge in [0.25, 0.3) is 10.1 Å². The molecule has 3 heterocycles. The van der Waals surface area contributed by atoms with Gasteiger partial charge in [0.2, 0.25) is 23.2 Å². The van der Waals surface area contributed by atoms with Crippen molar-refractivity contribution in [2.75, 3.05) is 19.7 Å². The molecule has 0 bridgehead atoms. The summed E-state index contributed by atoms with van der Waals surface area (Å²) in [4.78, 5) is 51.5. The Hall–Kier alpha value is -3.17. The zero-order valence-electron chi connectivity index (χ0n) is 21.9. The van der Waals surface area contributed by atoms with Crippen LogP contribution in [-0.2, 0) is 35.8 Å². The first-order valence-electron chi connectivity index (χ1n) is 12.8. The predicted molar refractivity (Wildman–Crippen MR) is 135 cm³/mol. The van der Waals surface area contributed by atoms with Gasteiger partial charge in [-0.1, -0.05) is 13.8 Å². The van der Waals surface area contributed by atoms with Gasteiger partial charge in [-0.25, -0.2) is 4.79 Å². The number of carbonyl (C=O) groups is 4. The highest BCUT2D eigenvalue weighted by Crippen LogP contribution is 2.22. The summed E-state index contributed by atoms with van der Waals surface area (Å²) in [5.74, 6) is -1.63. The van der Waals surface area contributed by atoms with E-state index in [1.165, 1.54) is 6.26 Å². The molecule has 4 amide bonds. The fourth-order valence-corrected chi connectivity index (χ4v) is 5.30. The number of rotatable bonds is 13. The Kier molecular flexibility index (Phi) is 10.3. The number of amides is 4. The molecule has 15 heteroatoms. The summed E-state index contributed by atoms with van der Waals surface area (Å²) in [7, 11) is -4.96. The number of likely N-dealkylation sites (tertiary alicyclic amines) is 1. The third-order valence-corrected chi connectivity index (χ3v) is 7.60. The fourth-order valence-electron chi connectivity index (χ4n) is 4.70. The number of carbonyl (C=O) groups excluding carboxylic acids is 4. The number of aliphatic hydroxyl groups excluding tert-OH is 1. The summed E-state index contributed by atoms with van der Waals surface area (Å²) >= 11 is 0. The van der Waals surface area contributed by atoms with Crippen LogP contribution in [0.2, 0.25) is 0 Å². The molecular weight excluding hydrogens is 536 g/mol. The van der Waals surface area contributed by atoms with Crippen molar-refractivity contribution in [1.82, 2.24) is 20.9 Å². The molecule has 14 nitrogen and oxygen atoms in total. The van der Waals surface area contributed by atoms with Crippen LogP contribution < -0.4 is 16.0 Å². The lowest BCUT2D eigenvalue weighted by molar-refractivity contribution is -0.128. The largest absolute Gasteiger partial charge is 0.467 e. The highest BCUT2D eigenvalue weighted by Gasteiger charge is 2.38. The summed E-state index contributed by atoms with van der Waals surface area (Å²) in [5.41, 5.74) is -2.37. The van der Waals surface area contributed by atoms with Crippen LogP contribution in [0.1, 0.15) is 45.3 Å². The number of ether oxygens (including phenoxy) is 1. The molecule has 0 radical (unpaired) electrons. The van der Waals surface area contributed by atoms with Crippen LogP contribution in [0.3, 0.4) is 0 Å². The molecule has 1 aromatic rings. The Balaban J connectivity index is 1.57. The molecular formula is C24H36N4O10S. The van der Waals surface area contributed by atoms with E-state index in [0.29, 0.717) is 31.8 Å². The number of hydrogen-bond donors (Lipinski definition) is 5. The van der Waals surface area contributed by atoms with Crippen molar-refractivity contribution in [1.29, 1.82) is 0 Å². The molecule has 2 fully saturated rings. The smallest absolute Gasteiger partial charge is 0.407 e. The molecule has 2 unspecified atom stereocenters. The molecule has 2 saturated heterocycles. The zero-order chi connectivity index (χ0) is 28.7. The maximum absolute atomic E-state index is 13.1. The van der Waals surface area contributed by atoms with E-state index in [-0.39, 0.29) is 49.5 Å². The Morgan fingerprint density at radius 1 is 1.28 bits per heavy atom. The maximum Gasteiger partial charge on any atom is 0.407 e. The topological polar surface area (TPSA) is 205 Å². The van der Waals surface area contributed by atoms with Crippen molar-refractivity contribution in [3.63, 3.8) is 0 Å². The average molecular weight is 573 g/mol. The number of nitrogens with one attached hydrogen (secondary N) is 3. The number of furan rings is 1. The normalized spacial score (nSPS) is 21.9. The molecule has 218 valence electrons. The molecule has 5 atom stereocenters. The van der Waals surface area contributed by atoms with Crippen LogP contribution in [0.25, 0.3) is 0 Å². The van der Waals surface area contributed by atoms with Crippen LogP contribution in [0.4, 0.5) is 4.79 Å². The second-order valence-corrected chi connectivity index (χ2v) is 11.9. The minimum atomic E-state index is -4.96. The van der Waals surface area contributed by atoms with E-state index in [0.717, 1.165) is 0 Å². The molecule has 3 rings (SSSR count). The van der Waals surface area contributed by atoms with Crippen LogP contribution in [0.5, 0.6) is 0 Å². The Morgan fingerprint density at radius 3 is 2.62 bits per heavy atom. The highest BCUT2D eigenvalue weighted by molar-refractivity contribution is 7.86. The van der Waals surface area contributed by atoms with Gasteiger partial charge < -0.3 is 35.1 Å². The van der Waals surface area contributed by atoms with Gasteiger partial charge in [-0.15, -0.1) is 0 Å². The number of hydrogen-bond acceptors (Lipinski definition) is 9. The van der Waals surface area contributed by atoms with Crippen molar-refractivity contribution in [2.24, 2.45) is 17.8 Å². The monoisotopic (exact) mass is 572 g/mol. The van der Waals surface area contributed by atoms with E-state index in [2.05, 4.69) is 16.0 Å². The van der Waals surface area contributed by atoms with Crippen molar-refractivity contribution in [3.05, 3.63) is 24.2 Å². The molecule has 0 aromatic carbocycles. The molecule has 0 saturated carbocycles. The van der Waals surface area contributed by atoms with Gasteiger partial charge in [-0.2, -0.15) is 8.42 Å². The minimum Gasteiger partial charge on any atom is -0.467 e. The van der Waals surface area contributed by atoms with E-state index in [9.17, 15) is 37.3 Å². The van der Waals surface area contributed by atoms with Crippen LogP contribution in [-0.4, -0.2) is 84.0 Å². The second kappa shape index (κ2) is 13.3. The van der Waals surface area contributed by atoms with Gasteiger partial charge in [0.1, 0.15) is 11.8 Å². The third-order valence-electron chi connectivity index (χ3n) is 6.67. The Labute approximate surface area is 226 Å². The van der Waals surface area contributed by atoms with E-state index < -0.39 is 45.6 Å². The van der Waals surface area contributed by atoms with E-state index >= 15 is 0 Å². The molecule has 5 N–H and O–H groups in total. The van der Waals surface area contributed by atoms with Gasteiger partial charge in [0.15, 0.2) is 0 Å². The summed E-state index contributed by atoms with van der Waals surface area (Å²) in [6.45, 7) is 4.58. The molecule has 1 aromatic heterocycles. The average Bonchev–Trinajstić information content (AvgIpc) is 3.58. The number of nitrogens with zero attached hydrogens (tertiary/aromatic N) is 1. The van der Waals surface area contributed by atoms with E-state index in [4.69, 9.17) is 9.15 Å². The lowest BCUT2D eigenvalue weighted by Gasteiger charge is -2.27. The van der Waals surface area contributed by atoms with Crippen LogP contribution in [0, 0.1) is 17.8 Å². The molecule has 2 aliphatic heterocycles. The number of alkyl carbamates (subject to hydrolysis) is 1. The summed E-state index contributed by atoms with van der Waals surface area (Å²) in [6, 6.07) is 0.818. The Bertz CT molecular complexity index is 1120. The zero-order valence-corrected chi connectivity index (χ0v) is 22.7. The van der Waals surface area contributed by atoms with Crippen molar-refractivity contribution >= 4 is 33.9 Å². The SMILES string of the molecule is CC(C)C[C@H](NC(=O)OCC1CC(=O)N(Cc2ccco2)C1)C(=O)N[C@@H](C[C@@H]1CCNC1=O)C(O)S(=O)(=O)O. The van der Waals surface area contributed by atoms with Crippen LogP contribution >= 0.6 is 0 Å². The second-order valence-electron chi connectivity index (χ2n) is 10.4. The lowest BCUT2D eigenvalue weighted by Crippen LogP contribution is -2.55. The van der Waals surface area contributed by atoms with Crippen molar-refractivity contribution in [2.45, 2.75) is 63.6 Å². The molecule has 0 aliphatic carbocycles. The first kappa shape index (κ1) is 30.4.